The number of sulfonamides is 1. The third-order valence-corrected chi connectivity index (χ3v) is 10.1. The van der Waals surface area contributed by atoms with Crippen LogP contribution in [0, 0.1) is 13.8 Å². The van der Waals surface area contributed by atoms with Crippen LogP contribution in [0.15, 0.2) is 82.2 Å². The molecule has 1 N–H and O–H groups in total. The first-order valence-electron chi connectivity index (χ1n) is 14.1. The first-order chi connectivity index (χ1) is 19.6. The summed E-state index contributed by atoms with van der Waals surface area (Å²) in [4.78, 5) is 29.2. The van der Waals surface area contributed by atoms with Gasteiger partial charge in [-0.3, -0.25) is 13.9 Å². The molecule has 0 aliphatic heterocycles. The highest BCUT2D eigenvalue weighted by molar-refractivity contribution is 9.10. The lowest BCUT2D eigenvalue weighted by Crippen LogP contribution is -2.53. The standard InChI is InChI=1S/C32H38BrN3O4S/c1-23-12-10-19-30(24(23)2)36(41(39,40)29-17-8-5-9-18-29)22-31(37)35(21-26-13-11-14-27(33)20-26)25(3)32(38)34-28-15-6-4-7-16-28/h5,8-14,17-20,25,28H,4,6-7,15-16,21-22H2,1-3H3,(H,34,38)/t25-/m1/s1. The molecule has 0 unspecified atom stereocenters. The Morgan fingerprint density at radius 2 is 1.63 bits per heavy atom. The molecule has 2 amide bonds. The van der Waals surface area contributed by atoms with E-state index >= 15 is 0 Å². The molecule has 0 saturated heterocycles. The molecule has 1 fully saturated rings. The zero-order valence-electron chi connectivity index (χ0n) is 23.8. The molecule has 0 bridgehead atoms. The summed E-state index contributed by atoms with van der Waals surface area (Å²) in [7, 11) is -4.09. The van der Waals surface area contributed by atoms with E-state index in [2.05, 4.69) is 21.2 Å². The van der Waals surface area contributed by atoms with Crippen molar-refractivity contribution in [3.05, 3.63) is 94.0 Å². The van der Waals surface area contributed by atoms with E-state index < -0.39 is 28.5 Å². The van der Waals surface area contributed by atoms with Crippen molar-refractivity contribution in [2.75, 3.05) is 10.8 Å². The van der Waals surface area contributed by atoms with Crippen LogP contribution >= 0.6 is 15.9 Å². The Morgan fingerprint density at radius 1 is 0.951 bits per heavy atom. The summed E-state index contributed by atoms with van der Waals surface area (Å²) in [5.74, 6) is -0.693. The molecule has 0 heterocycles. The van der Waals surface area contributed by atoms with Crippen molar-refractivity contribution in [1.82, 2.24) is 10.2 Å². The molecule has 0 spiro atoms. The molecule has 1 atom stereocenters. The predicted molar refractivity (Wildman–Crippen MR) is 166 cm³/mol. The lowest BCUT2D eigenvalue weighted by atomic mass is 9.95. The molecular weight excluding hydrogens is 602 g/mol. The molecule has 0 radical (unpaired) electrons. The SMILES string of the molecule is Cc1cccc(N(CC(=O)N(Cc2cccc(Br)c2)[C@H](C)C(=O)NC2CCCCC2)S(=O)(=O)c2ccccc2)c1C. The van der Waals surface area contributed by atoms with Crippen LogP contribution in [0.5, 0.6) is 0 Å². The first-order valence-corrected chi connectivity index (χ1v) is 16.3. The normalized spacial score (nSPS) is 14.7. The Bertz CT molecular complexity index is 1470. The van der Waals surface area contributed by atoms with Crippen LogP contribution in [0.25, 0.3) is 0 Å². The van der Waals surface area contributed by atoms with E-state index in [4.69, 9.17) is 0 Å². The molecule has 3 aromatic carbocycles. The third kappa shape index (κ3) is 7.57. The highest BCUT2D eigenvalue weighted by Crippen LogP contribution is 2.29. The Balaban J connectivity index is 1.70. The minimum Gasteiger partial charge on any atom is -0.352 e. The van der Waals surface area contributed by atoms with Gasteiger partial charge >= 0.3 is 0 Å². The summed E-state index contributed by atoms with van der Waals surface area (Å²) in [5.41, 5.74) is 2.94. The summed E-state index contributed by atoms with van der Waals surface area (Å²) in [6.07, 6.45) is 5.16. The van der Waals surface area contributed by atoms with Gasteiger partial charge in [-0.25, -0.2) is 8.42 Å². The quantitative estimate of drug-likeness (QED) is 0.289. The average molecular weight is 641 g/mol. The van der Waals surface area contributed by atoms with E-state index in [-0.39, 0.29) is 23.4 Å². The molecule has 7 nitrogen and oxygen atoms in total. The van der Waals surface area contributed by atoms with Gasteiger partial charge in [-0.2, -0.15) is 0 Å². The van der Waals surface area contributed by atoms with Gasteiger partial charge in [0.15, 0.2) is 0 Å². The topological polar surface area (TPSA) is 86.8 Å². The number of hydrogen-bond acceptors (Lipinski definition) is 4. The molecule has 0 aromatic heterocycles. The molecular formula is C32H38BrN3O4S. The van der Waals surface area contributed by atoms with Crippen LogP contribution in [-0.4, -0.2) is 43.8 Å². The summed E-state index contributed by atoms with van der Waals surface area (Å²) in [5, 5.41) is 3.13. The number of rotatable bonds is 10. The number of benzene rings is 3. The van der Waals surface area contributed by atoms with Gasteiger partial charge < -0.3 is 10.2 Å². The first kappa shape index (κ1) is 30.8. The number of carbonyl (C=O) groups is 2. The van der Waals surface area contributed by atoms with E-state index in [1.54, 1.807) is 37.3 Å². The lowest BCUT2D eigenvalue weighted by Gasteiger charge is -2.33. The molecule has 3 aromatic rings. The molecule has 41 heavy (non-hydrogen) atoms. The largest absolute Gasteiger partial charge is 0.352 e. The minimum atomic E-state index is -4.09. The third-order valence-electron chi connectivity index (χ3n) is 7.82. The van der Waals surface area contributed by atoms with Gasteiger partial charge in [0.2, 0.25) is 11.8 Å². The zero-order chi connectivity index (χ0) is 29.6. The van der Waals surface area contributed by atoms with Crippen molar-refractivity contribution in [3.8, 4) is 0 Å². The van der Waals surface area contributed by atoms with Crippen molar-refractivity contribution in [2.45, 2.75) is 76.4 Å². The highest BCUT2D eigenvalue weighted by atomic mass is 79.9. The summed E-state index contributed by atoms with van der Waals surface area (Å²) in [6, 6.07) is 20.4. The molecule has 4 rings (SSSR count). The molecule has 1 saturated carbocycles. The van der Waals surface area contributed by atoms with Gasteiger partial charge in [0, 0.05) is 17.1 Å². The predicted octanol–water partition coefficient (Wildman–Crippen LogP) is 6.13. The number of amides is 2. The highest BCUT2D eigenvalue weighted by Gasteiger charge is 2.33. The lowest BCUT2D eigenvalue weighted by molar-refractivity contribution is -0.139. The molecule has 218 valence electrons. The van der Waals surface area contributed by atoms with Crippen LogP contribution in [0.2, 0.25) is 0 Å². The van der Waals surface area contributed by atoms with Gasteiger partial charge in [-0.1, -0.05) is 77.7 Å². The molecule has 1 aliphatic carbocycles. The number of nitrogens with zero attached hydrogens (tertiary/aromatic N) is 2. The van der Waals surface area contributed by atoms with Gasteiger partial charge in [0.1, 0.15) is 12.6 Å². The van der Waals surface area contributed by atoms with Gasteiger partial charge in [-0.15, -0.1) is 0 Å². The maximum atomic E-state index is 14.2. The van der Waals surface area contributed by atoms with Crippen LogP contribution in [0.4, 0.5) is 5.69 Å². The van der Waals surface area contributed by atoms with Crippen molar-refractivity contribution in [3.63, 3.8) is 0 Å². The monoisotopic (exact) mass is 639 g/mol. The van der Waals surface area contributed by atoms with Crippen LogP contribution < -0.4 is 9.62 Å². The fourth-order valence-electron chi connectivity index (χ4n) is 5.22. The second-order valence-corrected chi connectivity index (χ2v) is 13.5. The van der Waals surface area contributed by atoms with Crippen LogP contribution in [-0.2, 0) is 26.2 Å². The van der Waals surface area contributed by atoms with Gasteiger partial charge in [0.25, 0.3) is 10.0 Å². The van der Waals surface area contributed by atoms with E-state index in [0.29, 0.717) is 5.69 Å². The second kappa shape index (κ2) is 13.7. The number of halogens is 1. The Hall–Kier alpha value is -3.17. The smallest absolute Gasteiger partial charge is 0.264 e. The number of nitrogens with one attached hydrogen (secondary N) is 1. The maximum absolute atomic E-state index is 14.2. The molecule has 9 heteroatoms. The second-order valence-electron chi connectivity index (χ2n) is 10.7. The summed E-state index contributed by atoms with van der Waals surface area (Å²) < 4.78 is 30.0. The Labute approximate surface area is 252 Å². The van der Waals surface area contributed by atoms with E-state index in [1.165, 1.54) is 27.8 Å². The van der Waals surface area contributed by atoms with Crippen molar-refractivity contribution < 1.29 is 18.0 Å². The average Bonchev–Trinajstić information content (AvgIpc) is 2.97. The zero-order valence-corrected chi connectivity index (χ0v) is 26.2. The number of aryl methyl sites for hydroxylation is 1. The van der Waals surface area contributed by atoms with Crippen molar-refractivity contribution in [2.24, 2.45) is 0 Å². The van der Waals surface area contributed by atoms with Crippen LogP contribution in [0.1, 0.15) is 55.7 Å². The summed E-state index contributed by atoms with van der Waals surface area (Å²) >= 11 is 3.49. The van der Waals surface area contributed by atoms with E-state index in [0.717, 1.165) is 46.8 Å². The van der Waals surface area contributed by atoms with Gasteiger partial charge in [-0.05, 0) is 80.6 Å². The maximum Gasteiger partial charge on any atom is 0.264 e. The molecule has 1 aliphatic rings. The Kier molecular flexibility index (Phi) is 10.3. The number of anilines is 1. The minimum absolute atomic E-state index is 0.0893. The van der Waals surface area contributed by atoms with Gasteiger partial charge in [0.05, 0.1) is 10.6 Å². The van der Waals surface area contributed by atoms with Crippen LogP contribution in [0.3, 0.4) is 0 Å². The number of hydrogen-bond donors (Lipinski definition) is 1. The van der Waals surface area contributed by atoms with E-state index in [1.807, 2.05) is 44.2 Å². The number of carbonyl (C=O) groups excluding carboxylic acids is 2. The summed E-state index contributed by atoms with van der Waals surface area (Å²) in [6.45, 7) is 5.18. The van der Waals surface area contributed by atoms with Crippen molar-refractivity contribution in [1.29, 1.82) is 0 Å². The Morgan fingerprint density at radius 3 is 2.32 bits per heavy atom. The fraction of sp³-hybridized carbons (Fsp3) is 0.375. The van der Waals surface area contributed by atoms with Crippen molar-refractivity contribution >= 4 is 43.5 Å². The van der Waals surface area contributed by atoms with E-state index in [9.17, 15) is 18.0 Å². The fourth-order valence-corrected chi connectivity index (χ4v) is 7.16.